The Morgan fingerprint density at radius 3 is 2.82 bits per heavy atom. The second kappa shape index (κ2) is 4.78. The maximum Gasteiger partial charge on any atom is 0.256 e. The fraction of sp³-hybridized carbons (Fsp3) is 0.250. The minimum Gasteiger partial charge on any atom is -0.383 e. The molecule has 2 rings (SSSR count). The summed E-state index contributed by atoms with van der Waals surface area (Å²) in [5, 5.41) is 0. The number of hydrogen-bond donors (Lipinski definition) is 2. The number of H-pyrrole nitrogens is 1. The fourth-order valence-corrected chi connectivity index (χ4v) is 1.63. The van der Waals surface area contributed by atoms with Gasteiger partial charge in [-0.15, -0.1) is 0 Å². The van der Waals surface area contributed by atoms with Crippen LogP contribution in [0.15, 0.2) is 29.2 Å². The molecule has 0 aliphatic rings. The normalized spacial score (nSPS) is 10.4. The lowest BCUT2D eigenvalue weighted by Gasteiger charge is -2.05. The molecule has 0 saturated heterocycles. The highest BCUT2D eigenvalue weighted by atomic mass is 16.1. The van der Waals surface area contributed by atoms with Crippen LogP contribution in [0.1, 0.15) is 18.9 Å². The molecule has 2 aromatic heterocycles. The zero-order valence-electron chi connectivity index (χ0n) is 9.60. The summed E-state index contributed by atoms with van der Waals surface area (Å²) in [5.41, 5.74) is 6.76. The lowest BCUT2D eigenvalue weighted by molar-refractivity contribution is 0.891. The SMILES string of the molecule is CCCc1c(N)nc(-c2ccccn2)[nH]c1=O. The Balaban J connectivity index is 2.50. The van der Waals surface area contributed by atoms with Crippen molar-refractivity contribution in [3.8, 4) is 11.5 Å². The Hall–Kier alpha value is -2.17. The van der Waals surface area contributed by atoms with Crippen LogP contribution in [0.25, 0.3) is 11.5 Å². The van der Waals surface area contributed by atoms with Gasteiger partial charge < -0.3 is 10.7 Å². The van der Waals surface area contributed by atoms with Crippen molar-refractivity contribution in [2.45, 2.75) is 19.8 Å². The van der Waals surface area contributed by atoms with Crippen molar-refractivity contribution in [3.63, 3.8) is 0 Å². The number of nitrogens with one attached hydrogen (secondary N) is 1. The summed E-state index contributed by atoms with van der Waals surface area (Å²) in [6.45, 7) is 1.99. The molecule has 0 aliphatic carbocycles. The second-order valence-corrected chi connectivity index (χ2v) is 3.74. The molecule has 2 aromatic rings. The van der Waals surface area contributed by atoms with Crippen molar-refractivity contribution in [1.82, 2.24) is 15.0 Å². The lowest BCUT2D eigenvalue weighted by Crippen LogP contribution is -2.18. The van der Waals surface area contributed by atoms with Crippen LogP contribution in [-0.2, 0) is 6.42 Å². The highest BCUT2D eigenvalue weighted by Crippen LogP contribution is 2.13. The Morgan fingerprint density at radius 2 is 2.24 bits per heavy atom. The van der Waals surface area contributed by atoms with E-state index in [0.29, 0.717) is 23.5 Å². The summed E-state index contributed by atoms with van der Waals surface area (Å²) in [4.78, 5) is 22.8. The minimum atomic E-state index is -0.181. The first-order valence-corrected chi connectivity index (χ1v) is 5.52. The largest absolute Gasteiger partial charge is 0.383 e. The van der Waals surface area contributed by atoms with Gasteiger partial charge in [-0.3, -0.25) is 9.78 Å². The monoisotopic (exact) mass is 230 g/mol. The number of nitrogen functional groups attached to an aromatic ring is 1. The molecular formula is C12H14N4O. The lowest BCUT2D eigenvalue weighted by atomic mass is 10.2. The van der Waals surface area contributed by atoms with E-state index in [2.05, 4.69) is 15.0 Å². The minimum absolute atomic E-state index is 0.181. The molecule has 0 atom stereocenters. The molecule has 0 spiro atoms. The molecular weight excluding hydrogens is 216 g/mol. The van der Waals surface area contributed by atoms with Crippen molar-refractivity contribution >= 4 is 5.82 Å². The van der Waals surface area contributed by atoms with Gasteiger partial charge in [-0.1, -0.05) is 19.4 Å². The van der Waals surface area contributed by atoms with Crippen molar-refractivity contribution in [1.29, 1.82) is 0 Å². The van der Waals surface area contributed by atoms with Crippen LogP contribution in [0.4, 0.5) is 5.82 Å². The molecule has 17 heavy (non-hydrogen) atoms. The third kappa shape index (κ3) is 2.33. The Morgan fingerprint density at radius 1 is 1.41 bits per heavy atom. The van der Waals surface area contributed by atoms with Gasteiger partial charge in [0.05, 0.1) is 5.56 Å². The topological polar surface area (TPSA) is 84.7 Å². The standard InChI is InChI=1S/C12H14N4O/c1-2-5-8-10(13)15-11(16-12(8)17)9-6-3-4-7-14-9/h3-4,6-7H,2,5H2,1H3,(H3,13,15,16,17). The number of rotatable bonds is 3. The van der Waals surface area contributed by atoms with E-state index in [1.165, 1.54) is 0 Å². The van der Waals surface area contributed by atoms with Gasteiger partial charge in [0, 0.05) is 6.20 Å². The average molecular weight is 230 g/mol. The van der Waals surface area contributed by atoms with Crippen molar-refractivity contribution in [3.05, 3.63) is 40.3 Å². The van der Waals surface area contributed by atoms with E-state index >= 15 is 0 Å². The quantitative estimate of drug-likeness (QED) is 0.833. The van der Waals surface area contributed by atoms with Gasteiger partial charge in [0.25, 0.3) is 5.56 Å². The first-order valence-electron chi connectivity index (χ1n) is 5.52. The van der Waals surface area contributed by atoms with Crippen LogP contribution in [0.2, 0.25) is 0 Å². The number of aromatic amines is 1. The Kier molecular flexibility index (Phi) is 3.18. The van der Waals surface area contributed by atoms with Gasteiger partial charge in [0.1, 0.15) is 11.5 Å². The molecule has 88 valence electrons. The number of nitrogens with zero attached hydrogens (tertiary/aromatic N) is 2. The number of nitrogens with two attached hydrogens (primary N) is 1. The molecule has 0 bridgehead atoms. The summed E-state index contributed by atoms with van der Waals surface area (Å²) in [6.07, 6.45) is 3.14. The highest BCUT2D eigenvalue weighted by molar-refractivity contribution is 5.52. The second-order valence-electron chi connectivity index (χ2n) is 3.74. The van der Waals surface area contributed by atoms with Crippen LogP contribution in [-0.4, -0.2) is 15.0 Å². The van der Waals surface area contributed by atoms with Crippen LogP contribution >= 0.6 is 0 Å². The Labute approximate surface area is 98.7 Å². The average Bonchev–Trinajstić information content (AvgIpc) is 2.35. The molecule has 5 heteroatoms. The van der Waals surface area contributed by atoms with Gasteiger partial charge in [0.2, 0.25) is 0 Å². The van der Waals surface area contributed by atoms with E-state index in [0.717, 1.165) is 6.42 Å². The first-order chi connectivity index (χ1) is 8.22. The Bertz CT molecular complexity index is 562. The van der Waals surface area contributed by atoms with E-state index in [9.17, 15) is 4.79 Å². The maximum atomic E-state index is 11.8. The molecule has 3 N–H and O–H groups in total. The van der Waals surface area contributed by atoms with Crippen LogP contribution in [0, 0.1) is 0 Å². The van der Waals surface area contributed by atoms with Crippen LogP contribution in [0.3, 0.4) is 0 Å². The number of anilines is 1. The van der Waals surface area contributed by atoms with Crippen molar-refractivity contribution in [2.75, 3.05) is 5.73 Å². The smallest absolute Gasteiger partial charge is 0.256 e. The van der Waals surface area contributed by atoms with E-state index in [1.54, 1.807) is 18.3 Å². The molecule has 2 heterocycles. The molecule has 0 fully saturated rings. The summed E-state index contributed by atoms with van der Waals surface area (Å²) < 4.78 is 0. The van der Waals surface area contributed by atoms with Crippen LogP contribution < -0.4 is 11.3 Å². The zero-order valence-corrected chi connectivity index (χ0v) is 9.60. The van der Waals surface area contributed by atoms with Gasteiger partial charge in [-0.2, -0.15) is 0 Å². The molecule has 0 amide bonds. The number of hydrogen-bond acceptors (Lipinski definition) is 4. The molecule has 5 nitrogen and oxygen atoms in total. The molecule has 0 saturated carbocycles. The summed E-state index contributed by atoms with van der Waals surface area (Å²) >= 11 is 0. The highest BCUT2D eigenvalue weighted by Gasteiger charge is 2.09. The molecule has 0 aromatic carbocycles. The van der Waals surface area contributed by atoms with Gasteiger partial charge in [-0.25, -0.2) is 4.98 Å². The van der Waals surface area contributed by atoms with E-state index in [4.69, 9.17) is 5.73 Å². The van der Waals surface area contributed by atoms with E-state index in [-0.39, 0.29) is 11.4 Å². The van der Waals surface area contributed by atoms with Crippen LogP contribution in [0.5, 0.6) is 0 Å². The molecule has 0 aliphatic heterocycles. The van der Waals surface area contributed by atoms with E-state index < -0.39 is 0 Å². The van der Waals surface area contributed by atoms with Gasteiger partial charge in [-0.05, 0) is 18.6 Å². The fourth-order valence-electron chi connectivity index (χ4n) is 1.63. The predicted octanol–water partition coefficient (Wildman–Crippen LogP) is 1.37. The molecule has 0 unspecified atom stereocenters. The predicted molar refractivity (Wildman–Crippen MR) is 66.5 cm³/mol. The zero-order chi connectivity index (χ0) is 12.3. The third-order valence-electron chi connectivity index (χ3n) is 2.45. The van der Waals surface area contributed by atoms with Gasteiger partial charge in [0.15, 0.2) is 5.82 Å². The first kappa shape index (κ1) is 11.3. The van der Waals surface area contributed by atoms with Crippen molar-refractivity contribution in [2.24, 2.45) is 0 Å². The maximum absolute atomic E-state index is 11.8. The summed E-state index contributed by atoms with van der Waals surface area (Å²) in [7, 11) is 0. The summed E-state index contributed by atoms with van der Waals surface area (Å²) in [5.74, 6) is 0.698. The number of aromatic nitrogens is 3. The van der Waals surface area contributed by atoms with Crippen molar-refractivity contribution < 1.29 is 0 Å². The molecule has 0 radical (unpaired) electrons. The number of pyridine rings is 1. The summed E-state index contributed by atoms with van der Waals surface area (Å²) in [6, 6.07) is 5.41. The van der Waals surface area contributed by atoms with Gasteiger partial charge >= 0.3 is 0 Å². The third-order valence-corrected chi connectivity index (χ3v) is 2.45. The van der Waals surface area contributed by atoms with E-state index in [1.807, 2.05) is 13.0 Å².